The Bertz CT molecular complexity index is 735. The van der Waals surface area contributed by atoms with E-state index in [4.69, 9.17) is 0 Å². The van der Waals surface area contributed by atoms with Crippen molar-refractivity contribution < 1.29 is 0 Å². The highest BCUT2D eigenvalue weighted by Gasteiger charge is 2.25. The van der Waals surface area contributed by atoms with Crippen LogP contribution in [0.5, 0.6) is 0 Å². The van der Waals surface area contributed by atoms with Gasteiger partial charge in [-0.15, -0.1) is 0 Å². The van der Waals surface area contributed by atoms with Gasteiger partial charge < -0.3 is 5.32 Å². The lowest BCUT2D eigenvalue weighted by Gasteiger charge is -2.33. The summed E-state index contributed by atoms with van der Waals surface area (Å²) >= 11 is 0. The first-order valence-electron chi connectivity index (χ1n) is 9.81. The Kier molecular flexibility index (Phi) is 5.47. The van der Waals surface area contributed by atoms with Crippen molar-refractivity contribution in [2.45, 2.75) is 43.7 Å². The first kappa shape index (κ1) is 17.1. The van der Waals surface area contributed by atoms with E-state index in [1.165, 1.54) is 42.4 Å². The summed E-state index contributed by atoms with van der Waals surface area (Å²) in [5.74, 6) is 0.723. The van der Waals surface area contributed by atoms with E-state index in [0.717, 1.165) is 5.92 Å². The molecule has 3 aromatic rings. The molecule has 0 amide bonds. The van der Waals surface area contributed by atoms with Gasteiger partial charge in [-0.25, -0.2) is 0 Å². The predicted octanol–water partition coefficient (Wildman–Crippen LogP) is 6.09. The molecule has 4 rings (SSSR count). The van der Waals surface area contributed by atoms with Crippen LogP contribution in [0.25, 0.3) is 0 Å². The summed E-state index contributed by atoms with van der Waals surface area (Å²) in [4.78, 5) is 0. The third kappa shape index (κ3) is 4.05. The molecular weight excluding hydrogens is 314 g/mol. The van der Waals surface area contributed by atoms with Crippen LogP contribution in [-0.4, -0.2) is 6.04 Å². The van der Waals surface area contributed by atoms with Crippen LogP contribution in [0.4, 0.5) is 0 Å². The zero-order valence-corrected chi connectivity index (χ0v) is 15.2. The smallest absolute Gasteiger partial charge is 0.0578 e. The molecule has 0 heterocycles. The van der Waals surface area contributed by atoms with Gasteiger partial charge in [0.25, 0.3) is 0 Å². The lowest BCUT2D eigenvalue weighted by atomic mass is 9.81. The molecule has 1 heteroatoms. The van der Waals surface area contributed by atoms with E-state index < -0.39 is 0 Å². The molecule has 1 aliphatic rings. The van der Waals surface area contributed by atoms with Gasteiger partial charge in [-0.3, -0.25) is 0 Å². The zero-order chi connectivity index (χ0) is 17.6. The van der Waals surface area contributed by atoms with Gasteiger partial charge in [0.15, 0.2) is 0 Å². The summed E-state index contributed by atoms with van der Waals surface area (Å²) in [6, 6.07) is 33.6. The molecule has 1 saturated carbocycles. The van der Waals surface area contributed by atoms with Crippen LogP contribution >= 0.6 is 0 Å². The molecule has 3 aromatic carbocycles. The van der Waals surface area contributed by atoms with Crippen LogP contribution in [0.2, 0.25) is 0 Å². The third-order valence-electron chi connectivity index (χ3n) is 5.67. The minimum Gasteiger partial charge on any atom is -0.303 e. The first-order valence-corrected chi connectivity index (χ1v) is 9.81. The van der Waals surface area contributed by atoms with Gasteiger partial charge in [-0.05, 0) is 48.3 Å². The Balaban J connectivity index is 1.46. The van der Waals surface area contributed by atoms with E-state index >= 15 is 0 Å². The average molecular weight is 341 g/mol. The van der Waals surface area contributed by atoms with Crippen molar-refractivity contribution in [2.75, 3.05) is 0 Å². The second-order valence-electron chi connectivity index (χ2n) is 7.38. The van der Waals surface area contributed by atoms with Gasteiger partial charge in [0.2, 0.25) is 0 Å². The maximum Gasteiger partial charge on any atom is 0.0578 e. The van der Waals surface area contributed by atoms with E-state index in [0.29, 0.717) is 6.04 Å². The van der Waals surface area contributed by atoms with Crippen molar-refractivity contribution in [2.24, 2.45) is 0 Å². The second-order valence-corrected chi connectivity index (χ2v) is 7.38. The van der Waals surface area contributed by atoms with Crippen LogP contribution < -0.4 is 5.32 Å². The monoisotopic (exact) mass is 341 g/mol. The minimum atomic E-state index is 0.274. The standard InChI is InChI=1S/C25H27N/c1-4-10-20(11-5-1)21-16-18-24(19-17-21)26-25(22-12-6-2-7-13-22)23-14-8-3-9-15-23/h1-15,21,24-26H,16-19H2/t21-,24-. The van der Waals surface area contributed by atoms with Gasteiger partial charge in [-0.1, -0.05) is 91.0 Å². The predicted molar refractivity (Wildman–Crippen MR) is 109 cm³/mol. The van der Waals surface area contributed by atoms with Crippen molar-refractivity contribution >= 4 is 0 Å². The molecule has 1 nitrogen and oxygen atoms in total. The molecule has 0 bridgehead atoms. The van der Waals surface area contributed by atoms with E-state index in [2.05, 4.69) is 96.3 Å². The minimum absolute atomic E-state index is 0.274. The van der Waals surface area contributed by atoms with Crippen molar-refractivity contribution in [3.05, 3.63) is 108 Å². The number of benzene rings is 3. The molecular formula is C25H27N. The van der Waals surface area contributed by atoms with Crippen molar-refractivity contribution in [1.82, 2.24) is 5.32 Å². The van der Waals surface area contributed by atoms with Crippen LogP contribution in [0.15, 0.2) is 91.0 Å². The number of rotatable bonds is 5. The number of nitrogens with one attached hydrogen (secondary N) is 1. The summed E-state index contributed by atoms with van der Waals surface area (Å²) in [6.07, 6.45) is 5.04. The fourth-order valence-electron chi connectivity index (χ4n) is 4.23. The maximum atomic E-state index is 3.96. The summed E-state index contributed by atoms with van der Waals surface area (Å²) in [7, 11) is 0. The lowest BCUT2D eigenvalue weighted by Crippen LogP contribution is -2.36. The van der Waals surface area contributed by atoms with E-state index in [-0.39, 0.29) is 6.04 Å². The second kappa shape index (κ2) is 8.33. The molecule has 0 aliphatic heterocycles. The summed E-state index contributed by atoms with van der Waals surface area (Å²) in [6.45, 7) is 0. The highest BCUT2D eigenvalue weighted by atomic mass is 15.0. The molecule has 0 unspecified atom stereocenters. The Morgan fingerprint density at radius 1 is 0.577 bits per heavy atom. The fourth-order valence-corrected chi connectivity index (χ4v) is 4.23. The topological polar surface area (TPSA) is 12.0 Å². The summed E-state index contributed by atoms with van der Waals surface area (Å²) in [5.41, 5.74) is 4.21. The SMILES string of the molecule is c1ccc(C(N[C@H]2CC[C@H](c3ccccc3)CC2)c2ccccc2)cc1. The molecule has 0 radical (unpaired) electrons. The van der Waals surface area contributed by atoms with Crippen LogP contribution in [0, 0.1) is 0 Å². The van der Waals surface area contributed by atoms with E-state index in [1.54, 1.807) is 0 Å². The lowest BCUT2D eigenvalue weighted by molar-refractivity contribution is 0.328. The van der Waals surface area contributed by atoms with Gasteiger partial charge >= 0.3 is 0 Å². The summed E-state index contributed by atoms with van der Waals surface area (Å²) < 4.78 is 0. The highest BCUT2D eigenvalue weighted by Crippen LogP contribution is 2.34. The quantitative estimate of drug-likeness (QED) is 0.592. The largest absolute Gasteiger partial charge is 0.303 e. The maximum absolute atomic E-state index is 3.96. The Morgan fingerprint density at radius 3 is 1.54 bits per heavy atom. The van der Waals surface area contributed by atoms with Crippen LogP contribution in [0.1, 0.15) is 54.3 Å². The van der Waals surface area contributed by atoms with E-state index in [9.17, 15) is 0 Å². The van der Waals surface area contributed by atoms with Crippen LogP contribution in [0.3, 0.4) is 0 Å². The molecule has 0 aromatic heterocycles. The molecule has 0 saturated heterocycles. The molecule has 1 aliphatic carbocycles. The normalized spacial score (nSPS) is 20.2. The fraction of sp³-hybridized carbons (Fsp3) is 0.280. The Hall–Kier alpha value is -2.38. The first-order chi connectivity index (χ1) is 12.9. The average Bonchev–Trinajstić information content (AvgIpc) is 2.74. The molecule has 0 atom stereocenters. The molecule has 0 spiro atoms. The summed E-state index contributed by atoms with van der Waals surface area (Å²) in [5, 5.41) is 3.96. The van der Waals surface area contributed by atoms with Gasteiger partial charge in [-0.2, -0.15) is 0 Å². The zero-order valence-electron chi connectivity index (χ0n) is 15.2. The molecule has 1 N–H and O–H groups in total. The van der Waals surface area contributed by atoms with Crippen molar-refractivity contribution in [3.63, 3.8) is 0 Å². The third-order valence-corrected chi connectivity index (χ3v) is 5.67. The van der Waals surface area contributed by atoms with E-state index in [1.807, 2.05) is 0 Å². The van der Waals surface area contributed by atoms with Crippen molar-refractivity contribution in [1.29, 1.82) is 0 Å². The van der Waals surface area contributed by atoms with Crippen LogP contribution in [-0.2, 0) is 0 Å². The van der Waals surface area contributed by atoms with Crippen molar-refractivity contribution in [3.8, 4) is 0 Å². The number of hydrogen-bond donors (Lipinski definition) is 1. The Labute approximate surface area is 157 Å². The number of hydrogen-bond acceptors (Lipinski definition) is 1. The van der Waals surface area contributed by atoms with Gasteiger partial charge in [0.1, 0.15) is 0 Å². The Morgan fingerprint density at radius 2 is 1.04 bits per heavy atom. The van der Waals surface area contributed by atoms with Gasteiger partial charge in [0.05, 0.1) is 6.04 Å². The highest BCUT2D eigenvalue weighted by molar-refractivity contribution is 5.32. The molecule has 1 fully saturated rings. The molecule has 26 heavy (non-hydrogen) atoms. The molecule has 132 valence electrons. The van der Waals surface area contributed by atoms with Gasteiger partial charge in [0, 0.05) is 6.04 Å².